The molecule has 1 saturated heterocycles. The van der Waals surface area contributed by atoms with E-state index in [9.17, 15) is 19.5 Å². The lowest BCUT2D eigenvalue weighted by atomic mass is 10.00. The van der Waals surface area contributed by atoms with Crippen LogP contribution in [0.3, 0.4) is 0 Å². The van der Waals surface area contributed by atoms with Crippen LogP contribution in [0.4, 0.5) is 11.4 Å². The largest absolute Gasteiger partial charge is 0.491 e. The van der Waals surface area contributed by atoms with Gasteiger partial charge in [-0.25, -0.2) is 0 Å². The number of likely N-dealkylation sites (tertiary alicyclic amines) is 1. The maximum atomic E-state index is 13.4. The average molecular weight is 634 g/mol. The summed E-state index contributed by atoms with van der Waals surface area (Å²) in [5.74, 6) is 1.32. The average Bonchev–Trinajstić information content (AvgIpc) is 3.59. The molecule has 240 valence electrons. The van der Waals surface area contributed by atoms with E-state index in [-0.39, 0.29) is 36.6 Å². The highest BCUT2D eigenvalue weighted by Crippen LogP contribution is 2.37. The number of anilines is 1. The van der Waals surface area contributed by atoms with Crippen LogP contribution in [0.5, 0.6) is 17.2 Å². The van der Waals surface area contributed by atoms with Gasteiger partial charge < -0.3 is 29.8 Å². The van der Waals surface area contributed by atoms with E-state index >= 15 is 0 Å². The zero-order chi connectivity index (χ0) is 32.5. The van der Waals surface area contributed by atoms with E-state index < -0.39 is 6.10 Å². The van der Waals surface area contributed by atoms with Gasteiger partial charge in [0.25, 0.3) is 17.4 Å². The molecule has 1 atom stereocenters. The summed E-state index contributed by atoms with van der Waals surface area (Å²) in [4.78, 5) is 50.9. The number of hydrogen-bond donors (Lipinski definition) is 3. The standard InChI is InChI=1S/C36H35N5O6/c1-40-14-11-23(12-15-40)41-35(44)28-16-22-17-32(39-31(22)19-29(28)36(41)45)33-30(10-13-37-34(33)43)38-20-24(42)21-46-26-8-5-9-27(18-26)47-25-6-3-2-4-7-25/h2-10,13,16,18-19,23-24,42H,11-12,14-15,17,20-21H2,1H3,(H2,37,38,43). The minimum atomic E-state index is -0.893. The topological polar surface area (TPSA) is 137 Å². The van der Waals surface area contributed by atoms with Gasteiger partial charge in [0.1, 0.15) is 30.0 Å². The van der Waals surface area contributed by atoms with Crippen molar-refractivity contribution in [3.05, 3.63) is 112 Å². The smallest absolute Gasteiger partial charge is 0.261 e. The van der Waals surface area contributed by atoms with E-state index in [1.165, 1.54) is 11.1 Å². The molecule has 7 rings (SSSR count). The Morgan fingerprint density at radius 3 is 2.45 bits per heavy atom. The van der Waals surface area contributed by atoms with Crippen LogP contribution in [0, 0.1) is 0 Å². The zero-order valence-corrected chi connectivity index (χ0v) is 25.9. The molecule has 1 aromatic heterocycles. The number of para-hydroxylation sites is 1. The Balaban J connectivity index is 1.01. The molecule has 0 saturated carbocycles. The molecular formula is C36H35N5O6. The van der Waals surface area contributed by atoms with Crippen molar-refractivity contribution >= 4 is 28.9 Å². The molecule has 11 nitrogen and oxygen atoms in total. The fraction of sp³-hybridized carbons (Fsp3) is 0.278. The Labute approximate surface area is 271 Å². The molecule has 0 bridgehead atoms. The number of hydrogen-bond acceptors (Lipinski definition) is 9. The number of H-pyrrole nitrogens is 1. The van der Waals surface area contributed by atoms with Crippen LogP contribution in [0.1, 0.15) is 44.7 Å². The summed E-state index contributed by atoms with van der Waals surface area (Å²) in [5, 5.41) is 13.9. The number of pyridine rings is 1. The predicted molar refractivity (Wildman–Crippen MR) is 177 cm³/mol. The molecule has 1 fully saturated rings. The van der Waals surface area contributed by atoms with Crippen molar-refractivity contribution in [1.82, 2.24) is 14.8 Å². The van der Waals surface area contributed by atoms with Crippen molar-refractivity contribution in [1.29, 1.82) is 0 Å². The number of aromatic nitrogens is 1. The number of nitrogens with one attached hydrogen (secondary N) is 2. The summed E-state index contributed by atoms with van der Waals surface area (Å²) in [5.41, 5.74) is 3.14. The number of rotatable bonds is 10. The number of nitrogens with zero attached hydrogens (tertiary/aromatic N) is 3. The highest BCUT2D eigenvalue weighted by Gasteiger charge is 2.42. The fourth-order valence-electron chi connectivity index (χ4n) is 6.32. The maximum Gasteiger partial charge on any atom is 0.261 e. The third kappa shape index (κ3) is 6.27. The molecule has 3 aromatic carbocycles. The number of imide groups is 1. The molecule has 0 spiro atoms. The van der Waals surface area contributed by atoms with Crippen LogP contribution in [0.25, 0.3) is 0 Å². The molecule has 3 aliphatic rings. The normalized spacial score (nSPS) is 16.9. The number of amides is 2. The fourth-order valence-corrected chi connectivity index (χ4v) is 6.32. The molecule has 4 aromatic rings. The molecule has 0 aliphatic carbocycles. The number of carbonyl (C=O) groups is 2. The lowest BCUT2D eigenvalue weighted by molar-refractivity contribution is 0.0516. The molecule has 11 heteroatoms. The number of carbonyl (C=O) groups excluding carboxylic acids is 2. The number of aliphatic imine (C=N–C) groups is 1. The summed E-state index contributed by atoms with van der Waals surface area (Å²) in [7, 11) is 2.04. The van der Waals surface area contributed by atoms with Gasteiger partial charge in [-0.3, -0.25) is 24.3 Å². The van der Waals surface area contributed by atoms with Crippen LogP contribution in [-0.2, 0) is 6.42 Å². The number of aromatic amines is 1. The summed E-state index contributed by atoms with van der Waals surface area (Å²) >= 11 is 0. The van der Waals surface area contributed by atoms with Crippen molar-refractivity contribution in [2.24, 2.45) is 4.99 Å². The number of piperidine rings is 1. The Hall–Kier alpha value is -5.26. The maximum absolute atomic E-state index is 13.4. The van der Waals surface area contributed by atoms with E-state index in [4.69, 9.17) is 14.5 Å². The van der Waals surface area contributed by atoms with Crippen LogP contribution in [0.15, 0.2) is 88.8 Å². The molecule has 0 radical (unpaired) electrons. The highest BCUT2D eigenvalue weighted by molar-refractivity contribution is 6.22. The first-order valence-electron chi connectivity index (χ1n) is 15.7. The summed E-state index contributed by atoms with van der Waals surface area (Å²) in [6, 6.07) is 21.6. The van der Waals surface area contributed by atoms with Crippen molar-refractivity contribution in [3.63, 3.8) is 0 Å². The molecule has 3 N–H and O–H groups in total. The summed E-state index contributed by atoms with van der Waals surface area (Å²) < 4.78 is 11.7. The lowest BCUT2D eigenvalue weighted by Crippen LogP contribution is -2.46. The Morgan fingerprint density at radius 1 is 0.936 bits per heavy atom. The third-order valence-corrected chi connectivity index (χ3v) is 8.79. The number of aliphatic hydroxyl groups excluding tert-OH is 1. The minimum Gasteiger partial charge on any atom is -0.491 e. The Bertz CT molecular complexity index is 1910. The highest BCUT2D eigenvalue weighted by atomic mass is 16.5. The molecular weight excluding hydrogens is 598 g/mol. The van der Waals surface area contributed by atoms with E-state index in [0.717, 1.165) is 31.5 Å². The number of benzene rings is 3. The second kappa shape index (κ2) is 12.9. The van der Waals surface area contributed by atoms with E-state index in [1.807, 2.05) is 49.5 Å². The molecule has 3 aliphatic heterocycles. The first-order valence-corrected chi connectivity index (χ1v) is 15.7. The Morgan fingerprint density at radius 2 is 1.66 bits per heavy atom. The molecule has 2 amide bonds. The van der Waals surface area contributed by atoms with E-state index in [1.54, 1.807) is 30.3 Å². The second-order valence-electron chi connectivity index (χ2n) is 12.1. The van der Waals surface area contributed by atoms with Gasteiger partial charge in [0, 0.05) is 31.3 Å². The van der Waals surface area contributed by atoms with E-state index in [0.29, 0.717) is 57.4 Å². The minimum absolute atomic E-state index is 0.00882. The lowest BCUT2D eigenvalue weighted by Gasteiger charge is -2.33. The molecule has 4 heterocycles. The number of aliphatic hydroxyl groups is 1. The van der Waals surface area contributed by atoms with Crippen molar-refractivity contribution < 1.29 is 24.2 Å². The molecule has 47 heavy (non-hydrogen) atoms. The van der Waals surface area contributed by atoms with Crippen LogP contribution >= 0.6 is 0 Å². The predicted octanol–water partition coefficient (Wildman–Crippen LogP) is 4.39. The first kappa shape index (κ1) is 30.4. The monoisotopic (exact) mass is 633 g/mol. The zero-order valence-electron chi connectivity index (χ0n) is 25.9. The van der Waals surface area contributed by atoms with Gasteiger partial charge >= 0.3 is 0 Å². The van der Waals surface area contributed by atoms with Crippen LogP contribution in [-0.4, -0.2) is 82.9 Å². The third-order valence-electron chi connectivity index (χ3n) is 8.79. The van der Waals surface area contributed by atoms with Gasteiger partial charge in [0.05, 0.1) is 33.8 Å². The van der Waals surface area contributed by atoms with Crippen molar-refractivity contribution in [2.45, 2.75) is 31.4 Å². The van der Waals surface area contributed by atoms with Gasteiger partial charge in [0.15, 0.2) is 0 Å². The van der Waals surface area contributed by atoms with Gasteiger partial charge in [0.2, 0.25) is 0 Å². The second-order valence-corrected chi connectivity index (χ2v) is 12.1. The summed E-state index contributed by atoms with van der Waals surface area (Å²) in [6.45, 7) is 1.80. The first-order chi connectivity index (χ1) is 22.8. The quantitative estimate of drug-likeness (QED) is 0.219. The van der Waals surface area contributed by atoms with Gasteiger partial charge in [-0.1, -0.05) is 24.3 Å². The van der Waals surface area contributed by atoms with Crippen LogP contribution < -0.4 is 20.3 Å². The van der Waals surface area contributed by atoms with Crippen LogP contribution in [0.2, 0.25) is 0 Å². The number of fused-ring (bicyclic) bond motifs is 2. The van der Waals surface area contributed by atoms with Gasteiger partial charge in [-0.15, -0.1) is 0 Å². The SMILES string of the molecule is CN1CCC(N2C(=O)c3cc4c(cc3C2=O)N=C(c2c(NCC(O)COc3cccc(Oc5ccccc5)c3)cc[nH]c2=O)C4)CC1. The number of ether oxygens (including phenoxy) is 2. The Kier molecular flexibility index (Phi) is 8.32. The van der Waals surface area contributed by atoms with Crippen molar-refractivity contribution in [2.75, 3.05) is 38.6 Å². The molecule has 1 unspecified atom stereocenters. The van der Waals surface area contributed by atoms with E-state index in [2.05, 4.69) is 15.2 Å². The van der Waals surface area contributed by atoms with Crippen molar-refractivity contribution in [3.8, 4) is 17.2 Å². The van der Waals surface area contributed by atoms with Gasteiger partial charge in [-0.05, 0) is 81.0 Å². The summed E-state index contributed by atoms with van der Waals surface area (Å²) in [6.07, 6.45) is 2.48. The van der Waals surface area contributed by atoms with Gasteiger partial charge in [-0.2, -0.15) is 0 Å².